The molecule has 0 radical (unpaired) electrons. The largest absolute Gasteiger partial charge is 0.453 e. The van der Waals surface area contributed by atoms with Crippen molar-refractivity contribution < 1.29 is 9.53 Å². The molecule has 0 spiro atoms. The number of esters is 1. The van der Waals surface area contributed by atoms with Gasteiger partial charge in [-0.05, 0) is 0 Å². The van der Waals surface area contributed by atoms with Gasteiger partial charge >= 0.3 is 5.97 Å². The fraction of sp³-hybridized carbons (Fsp3) is 0.750. The van der Waals surface area contributed by atoms with Crippen molar-refractivity contribution in [1.29, 1.82) is 0 Å². The van der Waals surface area contributed by atoms with Gasteiger partial charge in [0.15, 0.2) is 0 Å². The summed E-state index contributed by atoms with van der Waals surface area (Å²) < 4.78 is 4.59. The Morgan fingerprint density at radius 3 is 3.00 bits per heavy atom. The van der Waals surface area contributed by atoms with E-state index in [1.165, 1.54) is 11.8 Å². The first-order chi connectivity index (χ1) is 3.80. The van der Waals surface area contributed by atoms with Gasteiger partial charge in [-0.25, -0.2) is 0 Å². The van der Waals surface area contributed by atoms with Crippen LogP contribution in [-0.4, -0.2) is 23.7 Å². The van der Waals surface area contributed by atoms with Gasteiger partial charge in [-0.15, -0.1) is 11.8 Å². The Kier molecular flexibility index (Phi) is 1.75. The Morgan fingerprint density at radius 1 is 1.88 bits per heavy atom. The highest BCUT2D eigenvalue weighted by Crippen LogP contribution is 2.09. The molecule has 46 valence electrons. The minimum absolute atomic E-state index is 0.274. The van der Waals surface area contributed by atoms with Crippen LogP contribution in [0.25, 0.3) is 0 Å². The number of cyclic esters (lactones) is 1. The maximum absolute atomic E-state index is 10.4. The lowest BCUT2D eigenvalue weighted by Crippen LogP contribution is -2.37. The molecule has 0 aliphatic carbocycles. The minimum Gasteiger partial charge on any atom is -0.453 e. The fourth-order valence-corrected chi connectivity index (χ4v) is 1.14. The minimum atomic E-state index is -0.395. The molecule has 0 amide bonds. The summed E-state index contributed by atoms with van der Waals surface area (Å²) in [6, 6.07) is -0.395. The van der Waals surface area contributed by atoms with E-state index in [4.69, 9.17) is 5.73 Å². The third-order valence-electron chi connectivity index (χ3n) is 0.885. The summed E-state index contributed by atoms with van der Waals surface area (Å²) in [4.78, 5) is 10.4. The quantitative estimate of drug-likeness (QED) is 0.455. The zero-order valence-corrected chi connectivity index (χ0v) is 5.11. The van der Waals surface area contributed by atoms with Crippen molar-refractivity contribution in [2.75, 3.05) is 11.7 Å². The third-order valence-corrected chi connectivity index (χ3v) is 1.76. The van der Waals surface area contributed by atoms with Crippen molar-refractivity contribution in [2.24, 2.45) is 5.73 Å². The molecule has 8 heavy (non-hydrogen) atoms. The first-order valence-electron chi connectivity index (χ1n) is 2.30. The highest BCUT2D eigenvalue weighted by Gasteiger charge is 2.18. The van der Waals surface area contributed by atoms with Crippen LogP contribution in [0.1, 0.15) is 0 Å². The van der Waals surface area contributed by atoms with Gasteiger partial charge in [0.1, 0.15) is 12.0 Å². The predicted octanol–water partition coefficient (Wildman–Crippen LogP) is -0.439. The Bertz CT molecular complexity index is 106. The van der Waals surface area contributed by atoms with E-state index in [1.807, 2.05) is 0 Å². The van der Waals surface area contributed by atoms with Crippen LogP contribution < -0.4 is 5.73 Å². The van der Waals surface area contributed by atoms with Gasteiger partial charge in [-0.3, -0.25) is 4.79 Å². The normalized spacial score (nSPS) is 29.6. The number of carbonyl (C=O) groups excluding carboxylic acids is 1. The van der Waals surface area contributed by atoms with Crippen molar-refractivity contribution in [3.8, 4) is 0 Å². The molecule has 0 aromatic carbocycles. The lowest BCUT2D eigenvalue weighted by molar-refractivity contribution is -0.143. The summed E-state index contributed by atoms with van der Waals surface area (Å²) >= 11 is 1.54. The first-order valence-corrected chi connectivity index (χ1v) is 3.46. The molecular weight excluding hydrogens is 126 g/mol. The maximum atomic E-state index is 10.4. The zero-order chi connectivity index (χ0) is 5.98. The van der Waals surface area contributed by atoms with Gasteiger partial charge in [-0.2, -0.15) is 0 Å². The summed E-state index contributed by atoms with van der Waals surface area (Å²) in [5.41, 5.74) is 5.28. The van der Waals surface area contributed by atoms with Crippen molar-refractivity contribution >= 4 is 17.7 Å². The molecule has 1 saturated heterocycles. The van der Waals surface area contributed by atoms with Crippen molar-refractivity contribution in [2.45, 2.75) is 6.04 Å². The van der Waals surface area contributed by atoms with Crippen LogP contribution in [0, 0.1) is 0 Å². The fourth-order valence-electron chi connectivity index (χ4n) is 0.450. The van der Waals surface area contributed by atoms with Crippen LogP contribution in [0.3, 0.4) is 0 Å². The van der Waals surface area contributed by atoms with Gasteiger partial charge in [0.25, 0.3) is 0 Å². The molecule has 1 heterocycles. The summed E-state index contributed by atoms with van der Waals surface area (Å²) in [5.74, 6) is 0.884. The van der Waals surface area contributed by atoms with Crippen molar-refractivity contribution in [1.82, 2.24) is 0 Å². The molecule has 1 aliphatic rings. The molecule has 0 saturated carbocycles. The van der Waals surface area contributed by atoms with Crippen LogP contribution in [0.4, 0.5) is 0 Å². The average Bonchev–Trinajstić information content (AvgIpc) is 1.77. The van der Waals surface area contributed by atoms with E-state index in [2.05, 4.69) is 4.74 Å². The smallest absolute Gasteiger partial charge is 0.324 e. The SMILES string of the molecule is N[C@@H]1CSCOC1=O. The number of thioether (sulfide) groups is 1. The van der Waals surface area contributed by atoms with Gasteiger partial charge in [0, 0.05) is 5.75 Å². The number of carbonyl (C=O) groups is 1. The molecule has 4 heteroatoms. The van der Waals surface area contributed by atoms with E-state index < -0.39 is 6.04 Å². The van der Waals surface area contributed by atoms with Gasteiger partial charge in [0.2, 0.25) is 0 Å². The van der Waals surface area contributed by atoms with E-state index >= 15 is 0 Å². The molecule has 3 nitrogen and oxygen atoms in total. The summed E-state index contributed by atoms with van der Waals surface area (Å²) in [7, 11) is 0. The Labute approximate surface area is 51.6 Å². The van der Waals surface area contributed by atoms with Gasteiger partial charge in [0.05, 0.1) is 0 Å². The molecule has 0 aromatic rings. The zero-order valence-electron chi connectivity index (χ0n) is 4.29. The Morgan fingerprint density at radius 2 is 2.62 bits per heavy atom. The van der Waals surface area contributed by atoms with Crippen molar-refractivity contribution in [3.63, 3.8) is 0 Å². The lowest BCUT2D eigenvalue weighted by atomic mass is 10.4. The highest BCUT2D eigenvalue weighted by atomic mass is 32.2. The summed E-state index contributed by atoms with van der Waals surface area (Å²) in [6.45, 7) is 0. The van der Waals surface area contributed by atoms with Crippen LogP contribution in [0.15, 0.2) is 0 Å². The standard InChI is InChI=1S/C4H7NO2S/c5-3-1-8-2-7-4(3)6/h3H,1-2,5H2/t3-/m1/s1. The topological polar surface area (TPSA) is 52.3 Å². The van der Waals surface area contributed by atoms with Gasteiger partial charge in [-0.1, -0.05) is 0 Å². The van der Waals surface area contributed by atoms with Crippen molar-refractivity contribution in [3.05, 3.63) is 0 Å². The number of ether oxygens (including phenoxy) is 1. The molecule has 2 N–H and O–H groups in total. The van der Waals surface area contributed by atoms with E-state index in [-0.39, 0.29) is 5.97 Å². The molecule has 1 fully saturated rings. The molecule has 1 aliphatic heterocycles. The Balaban J connectivity index is 2.39. The number of hydrogen-bond acceptors (Lipinski definition) is 4. The summed E-state index contributed by atoms with van der Waals surface area (Å²) in [5, 5.41) is 0. The Hall–Kier alpha value is -0.220. The van der Waals surface area contributed by atoms with Crippen LogP contribution in [0.2, 0.25) is 0 Å². The molecular formula is C4H7NO2S. The molecule has 0 unspecified atom stereocenters. The highest BCUT2D eigenvalue weighted by molar-refractivity contribution is 7.99. The molecule has 1 rings (SSSR count). The van der Waals surface area contributed by atoms with Gasteiger partial charge < -0.3 is 10.5 Å². The van der Waals surface area contributed by atoms with E-state index in [0.29, 0.717) is 11.7 Å². The molecule has 1 atom stereocenters. The van der Waals surface area contributed by atoms with E-state index in [1.54, 1.807) is 0 Å². The van der Waals surface area contributed by atoms with Crippen LogP contribution in [0.5, 0.6) is 0 Å². The summed E-state index contributed by atoms with van der Waals surface area (Å²) in [6.07, 6.45) is 0. The number of rotatable bonds is 0. The predicted molar refractivity (Wildman–Crippen MR) is 31.4 cm³/mol. The van der Waals surface area contributed by atoms with E-state index in [9.17, 15) is 4.79 Å². The van der Waals surface area contributed by atoms with E-state index in [0.717, 1.165) is 0 Å². The number of hydrogen-bond donors (Lipinski definition) is 1. The third kappa shape index (κ3) is 1.14. The maximum Gasteiger partial charge on any atom is 0.324 e. The second kappa shape index (κ2) is 2.37. The second-order valence-corrected chi connectivity index (χ2v) is 2.54. The van der Waals surface area contributed by atoms with Crippen LogP contribution >= 0.6 is 11.8 Å². The average molecular weight is 133 g/mol. The lowest BCUT2D eigenvalue weighted by Gasteiger charge is -2.15. The molecule has 0 aromatic heterocycles. The first kappa shape index (κ1) is 5.91. The monoisotopic (exact) mass is 133 g/mol. The van der Waals surface area contributed by atoms with Crippen LogP contribution in [-0.2, 0) is 9.53 Å². The second-order valence-electron chi connectivity index (χ2n) is 1.56. The number of nitrogens with two attached hydrogens (primary N) is 1. The molecule has 0 bridgehead atoms.